The molecule has 0 fully saturated rings. The summed E-state index contributed by atoms with van der Waals surface area (Å²) in [6, 6.07) is 2.95. The molecule has 0 amide bonds. The molecule has 2 heterocycles. The number of fused-ring (bicyclic) bond motifs is 1. The van der Waals surface area contributed by atoms with Crippen molar-refractivity contribution in [3.05, 3.63) is 47.7 Å². The first-order valence-electron chi connectivity index (χ1n) is 5.72. The van der Waals surface area contributed by atoms with Gasteiger partial charge in [-0.1, -0.05) is 5.16 Å². The molecule has 2 aliphatic heterocycles. The van der Waals surface area contributed by atoms with Gasteiger partial charge in [-0.3, -0.25) is 0 Å². The molecule has 0 aromatic heterocycles. The van der Waals surface area contributed by atoms with Gasteiger partial charge in [0.2, 0.25) is 0 Å². The molecule has 2 atom stereocenters. The van der Waals surface area contributed by atoms with Gasteiger partial charge in [-0.2, -0.15) is 0 Å². The summed E-state index contributed by atoms with van der Waals surface area (Å²) in [7, 11) is 1.18. The molecule has 20 heavy (non-hydrogen) atoms. The molecule has 1 aromatic rings. The number of methoxy groups -OCH3 is 1. The van der Waals surface area contributed by atoms with Crippen LogP contribution in [0.5, 0.6) is 0 Å². The van der Waals surface area contributed by atoms with Crippen molar-refractivity contribution >= 4 is 11.7 Å². The van der Waals surface area contributed by atoms with Crippen LogP contribution in [-0.2, 0) is 19.1 Å². The molecular formula is C13H9F2NO4. The van der Waals surface area contributed by atoms with Crippen LogP contribution in [-0.4, -0.2) is 24.6 Å². The highest BCUT2D eigenvalue weighted by atomic mass is 19.1. The average Bonchev–Trinajstić information content (AvgIpc) is 2.95. The predicted molar refractivity (Wildman–Crippen MR) is 62.4 cm³/mol. The maximum Gasteiger partial charge on any atom is 0.395 e. The summed E-state index contributed by atoms with van der Waals surface area (Å²) in [5.41, 5.74) is 0.371. The fourth-order valence-corrected chi connectivity index (χ4v) is 2.23. The Morgan fingerprint density at radius 2 is 2.05 bits per heavy atom. The first-order chi connectivity index (χ1) is 9.56. The molecule has 2 aliphatic rings. The molecule has 7 heteroatoms. The lowest BCUT2D eigenvalue weighted by Crippen LogP contribution is -2.45. The van der Waals surface area contributed by atoms with E-state index in [-0.39, 0.29) is 11.3 Å². The number of oxime groups is 1. The molecule has 3 rings (SSSR count). The summed E-state index contributed by atoms with van der Waals surface area (Å²) in [6.07, 6.45) is 2.79. The van der Waals surface area contributed by atoms with E-state index in [1.165, 1.54) is 19.4 Å². The Balaban J connectivity index is 2.01. The van der Waals surface area contributed by atoms with E-state index in [4.69, 9.17) is 9.57 Å². The minimum Gasteiger partial charge on any atom is -0.463 e. The second kappa shape index (κ2) is 4.29. The smallest absolute Gasteiger partial charge is 0.395 e. The van der Waals surface area contributed by atoms with E-state index in [1.54, 1.807) is 0 Å². The fraction of sp³-hybridized carbons (Fsp3) is 0.231. The van der Waals surface area contributed by atoms with Gasteiger partial charge in [0, 0.05) is 11.6 Å². The molecule has 1 aromatic carbocycles. The lowest BCUT2D eigenvalue weighted by Gasteiger charge is -2.22. The van der Waals surface area contributed by atoms with Gasteiger partial charge in [-0.25, -0.2) is 13.6 Å². The van der Waals surface area contributed by atoms with Gasteiger partial charge in [0.25, 0.3) is 0 Å². The number of nitrogens with zero attached hydrogens (tertiary/aromatic N) is 1. The third-order valence-corrected chi connectivity index (χ3v) is 3.13. The predicted octanol–water partition coefficient (Wildman–Crippen LogP) is 1.73. The van der Waals surface area contributed by atoms with E-state index in [2.05, 4.69) is 9.89 Å². The highest BCUT2D eigenvalue weighted by Gasteiger charge is 2.60. The highest BCUT2D eigenvalue weighted by Crippen LogP contribution is 2.40. The monoisotopic (exact) mass is 281 g/mol. The number of halogens is 2. The van der Waals surface area contributed by atoms with Crippen LogP contribution in [0.4, 0.5) is 8.78 Å². The zero-order chi connectivity index (χ0) is 14.3. The molecule has 0 spiro atoms. The van der Waals surface area contributed by atoms with E-state index in [1.807, 2.05) is 0 Å². The third kappa shape index (κ3) is 1.66. The second-order valence-corrected chi connectivity index (χ2v) is 4.31. The number of carbonyl (C=O) groups excluding carboxylic acids is 1. The number of hydrogen-bond donors (Lipinski definition) is 0. The highest BCUT2D eigenvalue weighted by molar-refractivity contribution is 6.07. The van der Waals surface area contributed by atoms with Crippen LogP contribution >= 0.6 is 0 Å². The number of hydrogen-bond acceptors (Lipinski definition) is 5. The van der Waals surface area contributed by atoms with E-state index in [0.29, 0.717) is 0 Å². The molecule has 0 radical (unpaired) electrons. The summed E-state index contributed by atoms with van der Waals surface area (Å²) in [4.78, 5) is 16.8. The Bertz CT molecular complexity index is 623. The molecular weight excluding hydrogens is 272 g/mol. The van der Waals surface area contributed by atoms with Crippen LogP contribution in [0, 0.1) is 17.6 Å². The van der Waals surface area contributed by atoms with Crippen molar-refractivity contribution in [2.45, 2.75) is 5.79 Å². The van der Waals surface area contributed by atoms with Gasteiger partial charge in [0.1, 0.15) is 23.3 Å². The number of esters is 1. The molecule has 104 valence electrons. The summed E-state index contributed by atoms with van der Waals surface area (Å²) in [6.45, 7) is 0. The summed E-state index contributed by atoms with van der Waals surface area (Å²) >= 11 is 0. The number of benzene rings is 1. The molecule has 0 N–H and O–H groups in total. The van der Waals surface area contributed by atoms with Crippen LogP contribution in [0.2, 0.25) is 0 Å². The van der Waals surface area contributed by atoms with Crippen molar-refractivity contribution in [3.8, 4) is 0 Å². The SMILES string of the molecule is COC(=O)C12OC=CC1C(c1cc(F)cc(F)c1)=NO2. The zero-order valence-corrected chi connectivity index (χ0v) is 10.3. The molecule has 0 saturated heterocycles. The van der Waals surface area contributed by atoms with Crippen molar-refractivity contribution in [3.63, 3.8) is 0 Å². The quantitative estimate of drug-likeness (QED) is 0.775. The van der Waals surface area contributed by atoms with E-state index < -0.39 is 29.3 Å². The summed E-state index contributed by atoms with van der Waals surface area (Å²) in [5.74, 6) is -4.74. The zero-order valence-electron chi connectivity index (χ0n) is 10.3. The Morgan fingerprint density at radius 3 is 2.70 bits per heavy atom. The first-order valence-corrected chi connectivity index (χ1v) is 5.72. The van der Waals surface area contributed by atoms with Crippen molar-refractivity contribution in [1.82, 2.24) is 0 Å². The number of ether oxygens (including phenoxy) is 2. The van der Waals surface area contributed by atoms with Crippen LogP contribution < -0.4 is 0 Å². The van der Waals surface area contributed by atoms with Gasteiger partial charge in [-0.15, -0.1) is 0 Å². The number of rotatable bonds is 2. The Hall–Kier alpha value is -2.44. The van der Waals surface area contributed by atoms with Crippen molar-refractivity contribution < 1.29 is 27.9 Å². The normalized spacial score (nSPS) is 26.6. The number of carbonyl (C=O) groups is 1. The fourth-order valence-electron chi connectivity index (χ4n) is 2.23. The van der Waals surface area contributed by atoms with Crippen LogP contribution in [0.15, 0.2) is 35.7 Å². The maximum absolute atomic E-state index is 13.3. The van der Waals surface area contributed by atoms with Gasteiger partial charge in [-0.05, 0) is 18.2 Å². The Kier molecular flexibility index (Phi) is 2.70. The van der Waals surface area contributed by atoms with E-state index in [9.17, 15) is 13.6 Å². The largest absolute Gasteiger partial charge is 0.463 e. The van der Waals surface area contributed by atoms with Crippen LogP contribution in [0.1, 0.15) is 5.56 Å². The summed E-state index contributed by atoms with van der Waals surface area (Å²) in [5, 5.41) is 3.72. The Labute approximate surface area is 112 Å². The minimum atomic E-state index is -1.74. The molecule has 0 aliphatic carbocycles. The van der Waals surface area contributed by atoms with Gasteiger partial charge >= 0.3 is 11.8 Å². The van der Waals surface area contributed by atoms with E-state index >= 15 is 0 Å². The third-order valence-electron chi connectivity index (χ3n) is 3.13. The average molecular weight is 281 g/mol. The van der Waals surface area contributed by atoms with Crippen LogP contribution in [0.25, 0.3) is 0 Å². The van der Waals surface area contributed by atoms with Gasteiger partial charge in [0.15, 0.2) is 0 Å². The molecule has 5 nitrogen and oxygen atoms in total. The summed E-state index contributed by atoms with van der Waals surface area (Å²) < 4.78 is 36.3. The lowest BCUT2D eigenvalue weighted by molar-refractivity contribution is -0.220. The standard InChI is InChI=1S/C13H9F2NO4/c1-18-12(17)13-10(2-3-19-13)11(16-20-13)7-4-8(14)6-9(15)5-7/h2-6,10H,1H3. The minimum absolute atomic E-state index is 0.174. The topological polar surface area (TPSA) is 57.1 Å². The van der Waals surface area contributed by atoms with E-state index in [0.717, 1.165) is 18.2 Å². The molecule has 2 unspecified atom stereocenters. The lowest BCUT2D eigenvalue weighted by atomic mass is 9.91. The molecule has 0 saturated carbocycles. The molecule has 0 bridgehead atoms. The maximum atomic E-state index is 13.3. The van der Waals surface area contributed by atoms with Crippen LogP contribution in [0.3, 0.4) is 0 Å². The van der Waals surface area contributed by atoms with Crippen molar-refractivity contribution in [2.75, 3.05) is 7.11 Å². The Morgan fingerprint density at radius 1 is 1.35 bits per heavy atom. The van der Waals surface area contributed by atoms with Crippen molar-refractivity contribution in [1.29, 1.82) is 0 Å². The van der Waals surface area contributed by atoms with Crippen molar-refractivity contribution in [2.24, 2.45) is 11.1 Å². The first kappa shape index (κ1) is 12.6. The van der Waals surface area contributed by atoms with Gasteiger partial charge in [0.05, 0.1) is 13.4 Å². The second-order valence-electron chi connectivity index (χ2n) is 4.31. The van der Waals surface area contributed by atoms with Gasteiger partial charge < -0.3 is 14.3 Å².